The molecular weight excluding hydrogens is 366 g/mol. The second-order valence-electron chi connectivity index (χ2n) is 9.38. The number of nitrogens with zero attached hydrogens (tertiary/aromatic N) is 5. The summed E-state index contributed by atoms with van der Waals surface area (Å²) in [5.41, 5.74) is 2.16. The molecule has 0 saturated carbocycles. The highest BCUT2D eigenvalue weighted by molar-refractivity contribution is 5.89. The molecule has 3 aliphatic heterocycles. The SMILES string of the molecule is CC(C)CN1CC(C(=O)N2CCc3nc(C4CCN(C)CC4)ncc3C2)CC1=O. The fraction of sp³-hybridized carbons (Fsp3) is 0.727. The van der Waals surface area contributed by atoms with Gasteiger partial charge in [-0.15, -0.1) is 0 Å². The number of aromatic nitrogens is 2. The monoisotopic (exact) mass is 399 g/mol. The Labute approximate surface area is 173 Å². The number of amides is 2. The number of hydrogen-bond acceptors (Lipinski definition) is 5. The third-order valence-electron chi connectivity index (χ3n) is 6.50. The highest BCUT2D eigenvalue weighted by atomic mass is 16.2. The molecule has 158 valence electrons. The molecule has 4 heterocycles. The van der Waals surface area contributed by atoms with E-state index < -0.39 is 0 Å². The summed E-state index contributed by atoms with van der Waals surface area (Å²) in [6.07, 6.45) is 5.28. The maximum atomic E-state index is 13.0. The van der Waals surface area contributed by atoms with Crippen molar-refractivity contribution in [1.29, 1.82) is 0 Å². The summed E-state index contributed by atoms with van der Waals surface area (Å²) in [7, 11) is 2.16. The van der Waals surface area contributed by atoms with E-state index in [1.807, 2.05) is 16.0 Å². The number of rotatable bonds is 4. The van der Waals surface area contributed by atoms with Gasteiger partial charge in [-0.3, -0.25) is 9.59 Å². The van der Waals surface area contributed by atoms with Crippen LogP contribution in [-0.4, -0.2) is 76.3 Å². The molecule has 0 spiro atoms. The Morgan fingerprint density at radius 2 is 2.00 bits per heavy atom. The van der Waals surface area contributed by atoms with E-state index in [0.717, 1.165) is 56.0 Å². The molecule has 1 aromatic rings. The summed E-state index contributed by atoms with van der Waals surface area (Å²) in [4.78, 5) is 40.9. The highest BCUT2D eigenvalue weighted by Crippen LogP contribution is 2.28. The summed E-state index contributed by atoms with van der Waals surface area (Å²) in [5, 5.41) is 0. The molecule has 0 aromatic carbocycles. The number of carbonyl (C=O) groups is 2. The third-order valence-corrected chi connectivity index (χ3v) is 6.50. The lowest BCUT2D eigenvalue weighted by Gasteiger charge is -2.31. The number of likely N-dealkylation sites (tertiary alicyclic amines) is 2. The zero-order valence-corrected chi connectivity index (χ0v) is 17.9. The zero-order chi connectivity index (χ0) is 20.5. The lowest BCUT2D eigenvalue weighted by atomic mass is 9.95. The van der Waals surface area contributed by atoms with Gasteiger partial charge < -0.3 is 14.7 Å². The van der Waals surface area contributed by atoms with E-state index >= 15 is 0 Å². The van der Waals surface area contributed by atoms with E-state index in [4.69, 9.17) is 4.98 Å². The Hall–Kier alpha value is -2.02. The van der Waals surface area contributed by atoms with E-state index in [2.05, 4.69) is 30.8 Å². The van der Waals surface area contributed by atoms with Gasteiger partial charge in [-0.05, 0) is 38.9 Å². The average molecular weight is 400 g/mol. The Morgan fingerprint density at radius 1 is 1.24 bits per heavy atom. The fourth-order valence-corrected chi connectivity index (χ4v) is 4.80. The first-order chi connectivity index (χ1) is 13.9. The summed E-state index contributed by atoms with van der Waals surface area (Å²) < 4.78 is 0. The number of fused-ring (bicyclic) bond motifs is 1. The first-order valence-electron chi connectivity index (χ1n) is 11.0. The van der Waals surface area contributed by atoms with Crippen LogP contribution in [0.1, 0.15) is 56.1 Å². The van der Waals surface area contributed by atoms with Gasteiger partial charge in [0.1, 0.15) is 5.82 Å². The molecule has 1 unspecified atom stereocenters. The zero-order valence-electron chi connectivity index (χ0n) is 17.9. The van der Waals surface area contributed by atoms with Gasteiger partial charge in [-0.25, -0.2) is 9.97 Å². The molecule has 1 atom stereocenters. The molecule has 4 rings (SSSR count). The van der Waals surface area contributed by atoms with Crippen LogP contribution in [0.4, 0.5) is 0 Å². The lowest BCUT2D eigenvalue weighted by Crippen LogP contribution is -2.41. The van der Waals surface area contributed by atoms with Gasteiger partial charge in [0.05, 0.1) is 11.6 Å². The predicted molar refractivity (Wildman–Crippen MR) is 110 cm³/mol. The maximum absolute atomic E-state index is 13.0. The largest absolute Gasteiger partial charge is 0.342 e. The van der Waals surface area contributed by atoms with Crippen molar-refractivity contribution in [3.63, 3.8) is 0 Å². The van der Waals surface area contributed by atoms with Crippen LogP contribution in [0.2, 0.25) is 0 Å². The van der Waals surface area contributed by atoms with Crippen molar-refractivity contribution in [2.24, 2.45) is 11.8 Å². The third kappa shape index (κ3) is 4.44. The Kier molecular flexibility index (Phi) is 5.86. The molecule has 7 heteroatoms. The topological polar surface area (TPSA) is 69.6 Å². The number of carbonyl (C=O) groups excluding carboxylic acids is 2. The molecule has 0 bridgehead atoms. The predicted octanol–water partition coefficient (Wildman–Crippen LogP) is 1.68. The van der Waals surface area contributed by atoms with Crippen molar-refractivity contribution in [2.45, 2.75) is 52.0 Å². The second kappa shape index (κ2) is 8.38. The fourth-order valence-electron chi connectivity index (χ4n) is 4.80. The normalized spacial score (nSPS) is 23.7. The van der Waals surface area contributed by atoms with E-state index in [-0.39, 0.29) is 17.7 Å². The van der Waals surface area contributed by atoms with Crippen molar-refractivity contribution >= 4 is 11.8 Å². The van der Waals surface area contributed by atoms with Crippen molar-refractivity contribution < 1.29 is 9.59 Å². The minimum absolute atomic E-state index is 0.106. The molecule has 7 nitrogen and oxygen atoms in total. The van der Waals surface area contributed by atoms with Crippen LogP contribution in [0.25, 0.3) is 0 Å². The highest BCUT2D eigenvalue weighted by Gasteiger charge is 2.37. The molecule has 3 aliphatic rings. The van der Waals surface area contributed by atoms with Gasteiger partial charge in [-0.1, -0.05) is 13.8 Å². The first kappa shape index (κ1) is 20.3. The minimum Gasteiger partial charge on any atom is -0.342 e. The van der Waals surface area contributed by atoms with Crippen molar-refractivity contribution in [3.05, 3.63) is 23.3 Å². The molecule has 0 N–H and O–H groups in total. The van der Waals surface area contributed by atoms with Crippen LogP contribution in [0.3, 0.4) is 0 Å². The first-order valence-corrected chi connectivity index (χ1v) is 11.0. The molecule has 2 saturated heterocycles. The smallest absolute Gasteiger partial charge is 0.228 e. The van der Waals surface area contributed by atoms with Crippen LogP contribution in [0.15, 0.2) is 6.20 Å². The quantitative estimate of drug-likeness (QED) is 0.770. The van der Waals surface area contributed by atoms with Crippen molar-refractivity contribution in [2.75, 3.05) is 39.8 Å². The summed E-state index contributed by atoms with van der Waals surface area (Å²) in [6, 6.07) is 0. The van der Waals surface area contributed by atoms with Crippen molar-refractivity contribution in [3.8, 4) is 0 Å². The standard InChI is InChI=1S/C22H33N5O2/c1-15(2)12-27-13-17(10-20(27)28)22(29)26-9-6-19-18(14-26)11-23-21(24-19)16-4-7-25(3)8-5-16/h11,15-17H,4-10,12-14H2,1-3H3. The molecule has 29 heavy (non-hydrogen) atoms. The summed E-state index contributed by atoms with van der Waals surface area (Å²) >= 11 is 0. The van der Waals surface area contributed by atoms with Crippen LogP contribution < -0.4 is 0 Å². The van der Waals surface area contributed by atoms with Gasteiger partial charge in [-0.2, -0.15) is 0 Å². The van der Waals surface area contributed by atoms with E-state index in [0.29, 0.717) is 37.9 Å². The van der Waals surface area contributed by atoms with Crippen LogP contribution in [0, 0.1) is 11.8 Å². The average Bonchev–Trinajstić information content (AvgIpc) is 3.07. The van der Waals surface area contributed by atoms with Gasteiger partial charge in [0.25, 0.3) is 0 Å². The van der Waals surface area contributed by atoms with Crippen LogP contribution >= 0.6 is 0 Å². The van der Waals surface area contributed by atoms with Crippen LogP contribution in [0.5, 0.6) is 0 Å². The summed E-state index contributed by atoms with van der Waals surface area (Å²) in [6.45, 7) is 8.95. The molecule has 2 amide bonds. The van der Waals surface area contributed by atoms with Gasteiger partial charge in [0, 0.05) is 56.7 Å². The molecule has 0 aliphatic carbocycles. The number of piperidine rings is 1. The van der Waals surface area contributed by atoms with E-state index in [9.17, 15) is 9.59 Å². The maximum Gasteiger partial charge on any atom is 0.228 e. The van der Waals surface area contributed by atoms with Gasteiger partial charge >= 0.3 is 0 Å². The second-order valence-corrected chi connectivity index (χ2v) is 9.38. The Morgan fingerprint density at radius 3 is 2.72 bits per heavy atom. The Bertz CT molecular complexity index is 772. The molecular formula is C22H33N5O2. The van der Waals surface area contributed by atoms with Crippen LogP contribution in [-0.2, 0) is 22.6 Å². The minimum atomic E-state index is -0.206. The molecule has 1 aromatic heterocycles. The van der Waals surface area contributed by atoms with E-state index in [1.54, 1.807) is 0 Å². The Balaban J connectivity index is 1.39. The van der Waals surface area contributed by atoms with Gasteiger partial charge in [0.2, 0.25) is 11.8 Å². The van der Waals surface area contributed by atoms with Crippen molar-refractivity contribution in [1.82, 2.24) is 24.7 Å². The summed E-state index contributed by atoms with van der Waals surface area (Å²) in [5.74, 6) is 1.86. The molecule has 0 radical (unpaired) electrons. The lowest BCUT2D eigenvalue weighted by molar-refractivity contribution is -0.136. The van der Waals surface area contributed by atoms with E-state index in [1.165, 1.54) is 0 Å². The van der Waals surface area contributed by atoms with Gasteiger partial charge in [0.15, 0.2) is 0 Å². The molecule has 2 fully saturated rings. The number of hydrogen-bond donors (Lipinski definition) is 0.